The van der Waals surface area contributed by atoms with Crippen LogP contribution in [0.3, 0.4) is 0 Å². The van der Waals surface area contributed by atoms with Crippen molar-refractivity contribution in [3.63, 3.8) is 0 Å². The zero-order chi connectivity index (χ0) is 11.3. The smallest absolute Gasteiger partial charge is 0.404 e. The minimum atomic E-state index is -0.789. The molecule has 15 heavy (non-hydrogen) atoms. The molecule has 0 saturated heterocycles. The van der Waals surface area contributed by atoms with Crippen LogP contribution in [-0.2, 0) is 9.53 Å². The van der Waals surface area contributed by atoms with Gasteiger partial charge in [0.15, 0.2) is 0 Å². The van der Waals surface area contributed by atoms with Crippen LogP contribution >= 0.6 is 11.6 Å². The maximum Gasteiger partial charge on any atom is 0.404 e. The molecule has 1 aliphatic carbocycles. The van der Waals surface area contributed by atoms with Crippen LogP contribution in [0.15, 0.2) is 0 Å². The molecular weight excluding hydrogens is 218 g/mol. The van der Waals surface area contributed by atoms with Crippen molar-refractivity contribution in [3.8, 4) is 0 Å². The van der Waals surface area contributed by atoms with Gasteiger partial charge in [0, 0.05) is 24.6 Å². The molecule has 1 aliphatic rings. The van der Waals surface area contributed by atoms with Crippen LogP contribution in [-0.4, -0.2) is 23.9 Å². The van der Waals surface area contributed by atoms with E-state index >= 15 is 0 Å². The number of ketones is 1. The predicted octanol–water partition coefficient (Wildman–Crippen LogP) is 1.84. The number of hydrogen-bond donors (Lipinski definition) is 1. The lowest BCUT2D eigenvalue weighted by molar-refractivity contribution is -0.123. The first-order valence-electron chi connectivity index (χ1n) is 5.17. The number of primary amides is 1. The summed E-state index contributed by atoms with van der Waals surface area (Å²) < 4.78 is 4.98. The molecule has 0 aromatic heterocycles. The number of carbonyl (C=O) groups is 2. The first kappa shape index (κ1) is 12.3. The number of halogens is 1. The molecule has 86 valence electrons. The second-order valence-electron chi connectivity index (χ2n) is 3.85. The highest BCUT2D eigenvalue weighted by molar-refractivity contribution is 6.17. The van der Waals surface area contributed by atoms with Crippen LogP contribution in [0.1, 0.15) is 32.1 Å². The van der Waals surface area contributed by atoms with Gasteiger partial charge in [-0.25, -0.2) is 4.79 Å². The Hall–Kier alpha value is -0.770. The number of rotatable bonds is 4. The van der Waals surface area contributed by atoms with Crippen molar-refractivity contribution in [3.05, 3.63) is 0 Å². The lowest BCUT2D eigenvalue weighted by Crippen LogP contribution is -2.33. The Morgan fingerprint density at radius 2 is 2.40 bits per heavy atom. The molecule has 1 amide bonds. The highest BCUT2D eigenvalue weighted by Crippen LogP contribution is 2.27. The first-order valence-corrected chi connectivity index (χ1v) is 5.70. The predicted molar refractivity (Wildman–Crippen MR) is 56.8 cm³/mol. The molecule has 1 saturated carbocycles. The lowest BCUT2D eigenvalue weighted by atomic mass is 9.83. The Morgan fingerprint density at radius 1 is 1.67 bits per heavy atom. The van der Waals surface area contributed by atoms with E-state index in [1.807, 2.05) is 0 Å². The number of hydrogen-bond acceptors (Lipinski definition) is 3. The fourth-order valence-corrected chi connectivity index (χ4v) is 2.24. The fraction of sp³-hybridized carbons (Fsp3) is 0.800. The van der Waals surface area contributed by atoms with E-state index < -0.39 is 6.09 Å². The van der Waals surface area contributed by atoms with E-state index in [4.69, 9.17) is 22.1 Å². The van der Waals surface area contributed by atoms with Gasteiger partial charge in [-0.15, -0.1) is 11.6 Å². The molecule has 0 aliphatic heterocycles. The van der Waals surface area contributed by atoms with Crippen molar-refractivity contribution in [2.24, 2.45) is 11.7 Å². The van der Waals surface area contributed by atoms with Crippen molar-refractivity contribution in [2.75, 3.05) is 5.88 Å². The summed E-state index contributed by atoms with van der Waals surface area (Å²) in [6.45, 7) is 0. The molecule has 0 bridgehead atoms. The van der Waals surface area contributed by atoms with Gasteiger partial charge in [-0.1, -0.05) is 0 Å². The maximum absolute atomic E-state index is 11.3. The van der Waals surface area contributed by atoms with Crippen LogP contribution in [0.2, 0.25) is 0 Å². The zero-order valence-electron chi connectivity index (χ0n) is 8.58. The quantitative estimate of drug-likeness (QED) is 0.754. The molecule has 1 fully saturated rings. The minimum absolute atomic E-state index is 0.0949. The Morgan fingerprint density at radius 3 is 2.93 bits per heavy atom. The summed E-state index contributed by atoms with van der Waals surface area (Å²) in [5.74, 6) is 0.735. The summed E-state index contributed by atoms with van der Waals surface area (Å²) >= 11 is 5.62. The van der Waals surface area contributed by atoms with E-state index in [1.54, 1.807) is 0 Å². The van der Waals surface area contributed by atoms with Gasteiger partial charge in [0.05, 0.1) is 0 Å². The summed E-state index contributed by atoms with van der Waals surface area (Å²) in [5, 5.41) is 0. The highest BCUT2D eigenvalue weighted by atomic mass is 35.5. The van der Waals surface area contributed by atoms with Crippen molar-refractivity contribution in [1.82, 2.24) is 0 Å². The van der Waals surface area contributed by atoms with Gasteiger partial charge in [0.25, 0.3) is 0 Å². The average Bonchev–Trinajstić information content (AvgIpc) is 2.16. The second kappa shape index (κ2) is 5.95. The molecule has 0 spiro atoms. The Labute approximate surface area is 94.1 Å². The number of alkyl halides is 1. The molecular formula is C10H16ClNO3. The zero-order valence-corrected chi connectivity index (χ0v) is 9.33. The third-order valence-corrected chi connectivity index (χ3v) is 2.93. The van der Waals surface area contributed by atoms with Crippen LogP contribution in [0.25, 0.3) is 0 Å². The molecule has 0 aromatic carbocycles. The largest absolute Gasteiger partial charge is 0.446 e. The van der Waals surface area contributed by atoms with Gasteiger partial charge in [0.1, 0.15) is 11.9 Å². The maximum atomic E-state index is 11.3. The van der Waals surface area contributed by atoms with E-state index in [1.165, 1.54) is 0 Å². The van der Waals surface area contributed by atoms with E-state index in [2.05, 4.69) is 0 Å². The molecule has 0 aromatic rings. The number of ether oxygens (including phenoxy) is 1. The van der Waals surface area contributed by atoms with Gasteiger partial charge in [-0.3, -0.25) is 4.79 Å². The normalized spacial score (nSPS) is 23.5. The Balaban J connectivity index is 2.53. The number of amides is 1. The van der Waals surface area contributed by atoms with Gasteiger partial charge < -0.3 is 10.5 Å². The minimum Gasteiger partial charge on any atom is -0.446 e. The summed E-state index contributed by atoms with van der Waals surface area (Å²) in [7, 11) is 0. The van der Waals surface area contributed by atoms with Gasteiger partial charge in [-0.05, 0) is 19.3 Å². The third-order valence-electron chi connectivity index (χ3n) is 2.71. The van der Waals surface area contributed by atoms with E-state index in [9.17, 15) is 9.59 Å². The van der Waals surface area contributed by atoms with E-state index in [0.717, 1.165) is 12.8 Å². The number of nitrogens with two attached hydrogens (primary N) is 1. The van der Waals surface area contributed by atoms with Crippen molar-refractivity contribution in [2.45, 2.75) is 38.2 Å². The fourth-order valence-electron chi connectivity index (χ4n) is 2.02. The molecule has 0 heterocycles. The van der Waals surface area contributed by atoms with Gasteiger partial charge in [-0.2, -0.15) is 0 Å². The third kappa shape index (κ3) is 4.08. The van der Waals surface area contributed by atoms with Crippen LogP contribution in [0.5, 0.6) is 0 Å². The second-order valence-corrected chi connectivity index (χ2v) is 4.23. The molecule has 1 rings (SSSR count). The van der Waals surface area contributed by atoms with Crippen LogP contribution < -0.4 is 5.73 Å². The Bertz CT molecular complexity index is 245. The van der Waals surface area contributed by atoms with E-state index in [-0.39, 0.29) is 17.8 Å². The number of carbonyl (C=O) groups excluding carboxylic acids is 2. The van der Waals surface area contributed by atoms with Crippen molar-refractivity contribution >= 4 is 23.5 Å². The highest BCUT2D eigenvalue weighted by Gasteiger charge is 2.29. The Kier molecular flexibility index (Phi) is 4.88. The first-order chi connectivity index (χ1) is 7.13. The molecule has 1 unspecified atom stereocenters. The molecule has 5 heteroatoms. The SMILES string of the molecule is NC(=O)O[C@H](CCCl)C1CCCC(=O)C1. The summed E-state index contributed by atoms with van der Waals surface area (Å²) in [6, 6.07) is 0. The topological polar surface area (TPSA) is 69.4 Å². The molecule has 0 radical (unpaired) electrons. The average molecular weight is 234 g/mol. The summed E-state index contributed by atoms with van der Waals surface area (Å²) in [4.78, 5) is 21.9. The molecule has 4 nitrogen and oxygen atoms in total. The molecule has 2 atom stereocenters. The van der Waals surface area contributed by atoms with Gasteiger partial charge >= 0.3 is 6.09 Å². The monoisotopic (exact) mass is 233 g/mol. The van der Waals surface area contributed by atoms with Crippen molar-refractivity contribution < 1.29 is 14.3 Å². The van der Waals surface area contributed by atoms with Crippen LogP contribution in [0.4, 0.5) is 4.79 Å². The van der Waals surface area contributed by atoms with Gasteiger partial charge in [0.2, 0.25) is 0 Å². The summed E-state index contributed by atoms with van der Waals surface area (Å²) in [5.41, 5.74) is 4.98. The standard InChI is InChI=1S/C10H16ClNO3/c11-5-4-9(15-10(12)14)7-2-1-3-8(13)6-7/h7,9H,1-6H2,(H2,12,14)/t7?,9-/m1/s1. The number of Topliss-reactive ketones (excluding diaryl/α,β-unsaturated/α-hetero) is 1. The summed E-state index contributed by atoms with van der Waals surface area (Å²) in [6.07, 6.45) is 2.36. The lowest BCUT2D eigenvalue weighted by Gasteiger charge is -2.28. The van der Waals surface area contributed by atoms with E-state index in [0.29, 0.717) is 25.1 Å². The van der Waals surface area contributed by atoms with Crippen molar-refractivity contribution in [1.29, 1.82) is 0 Å². The van der Waals surface area contributed by atoms with Crippen LogP contribution in [0, 0.1) is 5.92 Å². The molecule has 2 N–H and O–H groups in total.